The third kappa shape index (κ3) is 3.37. The van der Waals surface area contributed by atoms with Crippen molar-refractivity contribution in [3.05, 3.63) is 56.7 Å². The highest BCUT2D eigenvalue weighted by Gasteiger charge is 2.21. The zero-order valence-corrected chi connectivity index (χ0v) is 13.2. The van der Waals surface area contributed by atoms with Crippen LogP contribution in [0.5, 0.6) is 0 Å². The number of H-pyrrole nitrogens is 1. The number of aromatic amines is 1. The van der Waals surface area contributed by atoms with Gasteiger partial charge in [-0.25, -0.2) is 13.1 Å². The Morgan fingerprint density at radius 2 is 2.05 bits per heavy atom. The lowest BCUT2D eigenvalue weighted by atomic mass is 10.3. The van der Waals surface area contributed by atoms with E-state index in [0.717, 1.165) is 6.20 Å². The summed E-state index contributed by atoms with van der Waals surface area (Å²) >= 11 is 2.98. The second-order valence-electron chi connectivity index (χ2n) is 4.12. The largest absolute Gasteiger partial charge is 0.317 e. The minimum Gasteiger partial charge on any atom is -0.317 e. The fourth-order valence-electron chi connectivity index (χ4n) is 1.55. The number of carbonyl (C=O) groups excluding carboxylic acids is 1. The zero-order valence-electron chi connectivity index (χ0n) is 10.8. The van der Waals surface area contributed by atoms with Gasteiger partial charge in [0, 0.05) is 12.4 Å². The van der Waals surface area contributed by atoms with E-state index in [-0.39, 0.29) is 15.1 Å². The van der Waals surface area contributed by atoms with Crippen molar-refractivity contribution in [3.8, 4) is 0 Å². The van der Waals surface area contributed by atoms with Crippen molar-refractivity contribution in [2.24, 2.45) is 0 Å². The number of aromatic nitrogens is 2. The first-order valence-corrected chi connectivity index (χ1v) is 7.95. The normalized spacial score (nSPS) is 11.1. The Balaban J connectivity index is 2.32. The molecule has 1 amide bonds. The highest BCUT2D eigenvalue weighted by Crippen LogP contribution is 2.12. The lowest BCUT2D eigenvalue weighted by Crippen LogP contribution is -2.32. The lowest BCUT2D eigenvalue weighted by molar-refractivity contribution is 0.0976. The van der Waals surface area contributed by atoms with Crippen LogP contribution in [0, 0.1) is 6.92 Å². The number of amides is 1. The number of nitrogens with one attached hydrogen (secondary N) is 2. The van der Waals surface area contributed by atoms with E-state index in [0.29, 0.717) is 5.56 Å². The summed E-state index contributed by atoms with van der Waals surface area (Å²) in [5, 5.41) is 0. The first-order chi connectivity index (χ1) is 9.81. The Morgan fingerprint density at radius 1 is 1.33 bits per heavy atom. The minimum absolute atomic E-state index is 0.0993. The first kappa shape index (κ1) is 15.4. The summed E-state index contributed by atoms with van der Waals surface area (Å²) in [4.78, 5) is 29.2. The summed E-state index contributed by atoms with van der Waals surface area (Å²) in [5.41, 5.74) is -0.236. The Bertz CT molecular complexity index is 861. The molecule has 2 N–H and O–H groups in total. The number of aryl methyl sites for hydroxylation is 1. The van der Waals surface area contributed by atoms with Gasteiger partial charge in [0.2, 0.25) is 0 Å². The van der Waals surface area contributed by atoms with Gasteiger partial charge in [0.05, 0.1) is 4.47 Å². The van der Waals surface area contributed by atoms with Crippen molar-refractivity contribution in [2.45, 2.75) is 11.8 Å². The molecular formula is C12H10BrN3O4S. The zero-order chi connectivity index (χ0) is 15.6. The third-order valence-electron chi connectivity index (χ3n) is 2.61. The smallest absolute Gasteiger partial charge is 0.281 e. The second-order valence-corrected chi connectivity index (χ2v) is 6.63. The summed E-state index contributed by atoms with van der Waals surface area (Å²) in [6, 6.07) is 4.17. The van der Waals surface area contributed by atoms with Crippen LogP contribution in [0.1, 0.15) is 16.1 Å². The molecule has 0 spiro atoms. The van der Waals surface area contributed by atoms with E-state index in [9.17, 15) is 18.0 Å². The summed E-state index contributed by atoms with van der Waals surface area (Å²) in [5.74, 6) is -0.928. The number of rotatable bonds is 3. The van der Waals surface area contributed by atoms with E-state index in [1.54, 1.807) is 6.92 Å². The van der Waals surface area contributed by atoms with Gasteiger partial charge in [-0.3, -0.25) is 14.6 Å². The van der Waals surface area contributed by atoms with Crippen molar-refractivity contribution in [3.63, 3.8) is 0 Å². The van der Waals surface area contributed by atoms with Gasteiger partial charge in [-0.05, 0) is 46.6 Å². The number of carbonyl (C=O) groups is 1. The van der Waals surface area contributed by atoms with Crippen LogP contribution in [-0.4, -0.2) is 24.3 Å². The molecule has 2 aromatic rings. The molecule has 0 saturated heterocycles. The van der Waals surface area contributed by atoms with Gasteiger partial charge in [-0.1, -0.05) is 0 Å². The molecule has 0 bridgehead atoms. The van der Waals surface area contributed by atoms with Crippen LogP contribution in [0.4, 0.5) is 0 Å². The Labute approximate surface area is 128 Å². The van der Waals surface area contributed by atoms with Crippen molar-refractivity contribution < 1.29 is 13.2 Å². The third-order valence-corrected chi connectivity index (χ3v) is 4.70. The summed E-state index contributed by atoms with van der Waals surface area (Å²) in [7, 11) is -4.06. The molecule has 0 aliphatic rings. The molecule has 2 aromatic heterocycles. The molecule has 21 heavy (non-hydrogen) atoms. The van der Waals surface area contributed by atoms with Gasteiger partial charge in [0.25, 0.3) is 21.5 Å². The van der Waals surface area contributed by atoms with E-state index in [1.165, 1.54) is 24.4 Å². The van der Waals surface area contributed by atoms with Crippen LogP contribution in [0.3, 0.4) is 0 Å². The van der Waals surface area contributed by atoms with E-state index in [4.69, 9.17) is 0 Å². The van der Waals surface area contributed by atoms with E-state index >= 15 is 0 Å². The predicted molar refractivity (Wildman–Crippen MR) is 78.4 cm³/mol. The molecule has 0 fully saturated rings. The monoisotopic (exact) mass is 371 g/mol. The quantitative estimate of drug-likeness (QED) is 0.834. The van der Waals surface area contributed by atoms with Gasteiger partial charge in [0.1, 0.15) is 10.6 Å². The number of nitrogens with zero attached hydrogens (tertiary/aromatic N) is 1. The SMILES string of the molecule is Cc1ccncc1S(=O)(=O)NC(=O)c1ccc(Br)c(=O)[nH]1. The fourth-order valence-corrected chi connectivity index (χ4v) is 2.94. The molecule has 2 rings (SSSR count). The number of hydrogen-bond acceptors (Lipinski definition) is 5. The van der Waals surface area contributed by atoms with Crippen LogP contribution in [-0.2, 0) is 10.0 Å². The highest BCUT2D eigenvalue weighted by molar-refractivity contribution is 9.10. The molecule has 110 valence electrons. The second kappa shape index (κ2) is 5.78. The van der Waals surface area contributed by atoms with E-state index in [1.807, 2.05) is 4.72 Å². The van der Waals surface area contributed by atoms with Gasteiger partial charge >= 0.3 is 0 Å². The Hall–Kier alpha value is -2.00. The van der Waals surface area contributed by atoms with Crippen LogP contribution in [0.15, 0.2) is 44.8 Å². The lowest BCUT2D eigenvalue weighted by Gasteiger charge is -2.08. The number of sulfonamides is 1. The van der Waals surface area contributed by atoms with Crippen LogP contribution in [0.2, 0.25) is 0 Å². The Kier molecular flexibility index (Phi) is 4.24. The number of halogens is 1. The molecule has 0 aromatic carbocycles. The predicted octanol–water partition coefficient (Wildman–Crippen LogP) is 0.960. The number of pyridine rings is 2. The van der Waals surface area contributed by atoms with Crippen LogP contribution >= 0.6 is 15.9 Å². The molecule has 0 atom stereocenters. The molecule has 7 nitrogen and oxygen atoms in total. The highest BCUT2D eigenvalue weighted by atomic mass is 79.9. The molecule has 0 unspecified atom stereocenters. The molecule has 0 aliphatic heterocycles. The average molecular weight is 372 g/mol. The topological polar surface area (TPSA) is 109 Å². The van der Waals surface area contributed by atoms with Gasteiger partial charge in [-0.15, -0.1) is 0 Å². The van der Waals surface area contributed by atoms with Crippen molar-refractivity contribution in [1.82, 2.24) is 14.7 Å². The maximum atomic E-state index is 12.1. The first-order valence-electron chi connectivity index (χ1n) is 5.68. The molecule has 0 saturated carbocycles. The van der Waals surface area contributed by atoms with Crippen LogP contribution in [0.25, 0.3) is 0 Å². The molecule has 9 heteroatoms. The minimum atomic E-state index is -4.06. The standard InChI is InChI=1S/C12H10BrN3O4S/c1-7-4-5-14-6-10(7)21(19,20)16-12(18)9-3-2-8(13)11(17)15-9/h2-6H,1H3,(H,15,17)(H,16,18). The Morgan fingerprint density at radius 3 is 2.67 bits per heavy atom. The molecule has 0 aliphatic carbocycles. The van der Waals surface area contributed by atoms with Gasteiger partial charge in [0.15, 0.2) is 0 Å². The van der Waals surface area contributed by atoms with Crippen LogP contribution < -0.4 is 10.3 Å². The average Bonchev–Trinajstić information content (AvgIpc) is 2.41. The van der Waals surface area contributed by atoms with E-state index < -0.39 is 21.5 Å². The van der Waals surface area contributed by atoms with Crippen molar-refractivity contribution in [2.75, 3.05) is 0 Å². The van der Waals surface area contributed by atoms with Crippen molar-refractivity contribution in [1.29, 1.82) is 0 Å². The molecular weight excluding hydrogens is 362 g/mol. The van der Waals surface area contributed by atoms with Gasteiger partial charge < -0.3 is 4.98 Å². The van der Waals surface area contributed by atoms with Gasteiger partial charge in [-0.2, -0.15) is 0 Å². The maximum Gasteiger partial charge on any atom is 0.281 e. The fraction of sp³-hybridized carbons (Fsp3) is 0.0833. The molecule has 2 heterocycles. The van der Waals surface area contributed by atoms with Crippen molar-refractivity contribution >= 4 is 31.9 Å². The van der Waals surface area contributed by atoms with E-state index in [2.05, 4.69) is 25.9 Å². The molecule has 0 radical (unpaired) electrons. The summed E-state index contributed by atoms with van der Waals surface area (Å²) < 4.78 is 26.4. The summed E-state index contributed by atoms with van der Waals surface area (Å²) in [6.07, 6.45) is 2.59. The number of hydrogen-bond donors (Lipinski definition) is 2. The maximum absolute atomic E-state index is 12.1. The summed E-state index contributed by atoms with van der Waals surface area (Å²) in [6.45, 7) is 1.59.